The predicted octanol–water partition coefficient (Wildman–Crippen LogP) is 0.486. The Kier molecular flexibility index (Phi) is 5.47. The van der Waals surface area contributed by atoms with Crippen molar-refractivity contribution >= 4 is 11.9 Å². The van der Waals surface area contributed by atoms with Crippen LogP contribution in [0.15, 0.2) is 21.9 Å². The molecule has 1 aromatic rings. The highest BCUT2D eigenvalue weighted by Crippen LogP contribution is 2.45. The number of piperidine rings is 1. The van der Waals surface area contributed by atoms with Crippen molar-refractivity contribution < 1.29 is 19.8 Å². The Morgan fingerprint density at radius 2 is 1.89 bits per heavy atom. The largest absolute Gasteiger partial charge is 0.481 e. The quantitative estimate of drug-likeness (QED) is 0.667. The highest BCUT2D eigenvalue weighted by Gasteiger charge is 2.43. The van der Waals surface area contributed by atoms with Crippen LogP contribution in [0.2, 0.25) is 0 Å². The SMILES string of the molecule is C[C@@]1(O)CCN(C(=O)CC2(CC(=O)O)CCCC2)C[C@H]1n1ccc(=O)[nH]c1=O. The molecular formula is C19H27N3O6. The fraction of sp³-hybridized carbons (Fsp3) is 0.684. The topological polar surface area (TPSA) is 133 Å². The first-order chi connectivity index (χ1) is 13.1. The van der Waals surface area contributed by atoms with Crippen molar-refractivity contribution in [3.63, 3.8) is 0 Å². The van der Waals surface area contributed by atoms with Gasteiger partial charge in [0.1, 0.15) is 0 Å². The number of aromatic amines is 1. The number of likely N-dealkylation sites (tertiary alicyclic amines) is 1. The number of carbonyl (C=O) groups is 2. The van der Waals surface area contributed by atoms with E-state index in [-0.39, 0.29) is 31.7 Å². The Balaban J connectivity index is 1.79. The first kappa shape index (κ1) is 20.3. The maximum atomic E-state index is 13.0. The third kappa shape index (κ3) is 4.19. The number of rotatable bonds is 5. The van der Waals surface area contributed by atoms with Gasteiger partial charge in [0, 0.05) is 31.8 Å². The van der Waals surface area contributed by atoms with Crippen molar-refractivity contribution in [2.24, 2.45) is 5.41 Å². The van der Waals surface area contributed by atoms with Crippen LogP contribution in [0.1, 0.15) is 57.9 Å². The molecule has 2 heterocycles. The first-order valence-electron chi connectivity index (χ1n) is 9.65. The van der Waals surface area contributed by atoms with Gasteiger partial charge in [-0.3, -0.25) is 23.9 Å². The molecule has 3 rings (SSSR count). The van der Waals surface area contributed by atoms with Gasteiger partial charge in [-0.25, -0.2) is 4.79 Å². The molecule has 0 spiro atoms. The molecule has 1 saturated heterocycles. The summed E-state index contributed by atoms with van der Waals surface area (Å²) in [5.74, 6) is -1.05. The summed E-state index contributed by atoms with van der Waals surface area (Å²) in [7, 11) is 0. The highest BCUT2D eigenvalue weighted by molar-refractivity contribution is 5.78. The lowest BCUT2D eigenvalue weighted by molar-refractivity contribution is -0.144. The van der Waals surface area contributed by atoms with Crippen LogP contribution >= 0.6 is 0 Å². The van der Waals surface area contributed by atoms with Crippen molar-refractivity contribution in [1.29, 1.82) is 0 Å². The van der Waals surface area contributed by atoms with Crippen molar-refractivity contribution in [2.45, 2.75) is 63.5 Å². The summed E-state index contributed by atoms with van der Waals surface area (Å²) >= 11 is 0. The molecule has 0 radical (unpaired) electrons. The second-order valence-electron chi connectivity index (χ2n) is 8.43. The Labute approximate surface area is 162 Å². The van der Waals surface area contributed by atoms with E-state index in [0.717, 1.165) is 25.7 Å². The van der Waals surface area contributed by atoms with Crippen molar-refractivity contribution in [3.8, 4) is 0 Å². The molecule has 1 saturated carbocycles. The van der Waals surface area contributed by atoms with E-state index < -0.39 is 34.3 Å². The second-order valence-corrected chi connectivity index (χ2v) is 8.43. The Bertz CT molecular complexity index is 865. The molecule has 9 heteroatoms. The minimum Gasteiger partial charge on any atom is -0.481 e. The molecule has 1 aliphatic carbocycles. The van der Waals surface area contributed by atoms with Crippen LogP contribution in [0, 0.1) is 5.41 Å². The van der Waals surface area contributed by atoms with Gasteiger partial charge in [-0.2, -0.15) is 0 Å². The number of H-pyrrole nitrogens is 1. The van der Waals surface area contributed by atoms with E-state index in [4.69, 9.17) is 0 Å². The summed E-state index contributed by atoms with van der Waals surface area (Å²) in [6.45, 7) is 2.07. The Morgan fingerprint density at radius 1 is 1.21 bits per heavy atom. The van der Waals surface area contributed by atoms with Crippen LogP contribution in [0.25, 0.3) is 0 Å². The molecule has 3 N–H and O–H groups in total. The number of aliphatic carboxylic acids is 1. The van der Waals surface area contributed by atoms with Crippen molar-refractivity contribution in [2.75, 3.05) is 13.1 Å². The molecular weight excluding hydrogens is 366 g/mol. The van der Waals surface area contributed by atoms with Gasteiger partial charge in [0.05, 0.1) is 18.1 Å². The Hall–Kier alpha value is -2.42. The van der Waals surface area contributed by atoms with Crippen LogP contribution < -0.4 is 11.2 Å². The van der Waals surface area contributed by atoms with Crippen LogP contribution in [-0.2, 0) is 9.59 Å². The minimum atomic E-state index is -1.22. The summed E-state index contributed by atoms with van der Waals surface area (Å²) in [6.07, 6.45) is 5.04. The predicted molar refractivity (Wildman–Crippen MR) is 100.0 cm³/mol. The van der Waals surface area contributed by atoms with Gasteiger partial charge >= 0.3 is 11.7 Å². The lowest BCUT2D eigenvalue weighted by atomic mass is 9.78. The summed E-state index contributed by atoms with van der Waals surface area (Å²) in [6, 6.07) is 0.507. The zero-order valence-corrected chi connectivity index (χ0v) is 16.0. The van der Waals surface area contributed by atoms with E-state index in [9.17, 15) is 29.4 Å². The van der Waals surface area contributed by atoms with E-state index in [0.29, 0.717) is 6.54 Å². The summed E-state index contributed by atoms with van der Waals surface area (Å²) < 4.78 is 1.25. The van der Waals surface area contributed by atoms with E-state index in [1.165, 1.54) is 16.8 Å². The molecule has 28 heavy (non-hydrogen) atoms. The normalized spacial score (nSPS) is 26.9. The lowest BCUT2D eigenvalue weighted by Gasteiger charge is -2.44. The fourth-order valence-electron chi connectivity index (χ4n) is 4.61. The van der Waals surface area contributed by atoms with Crippen LogP contribution in [0.5, 0.6) is 0 Å². The molecule has 1 aromatic heterocycles. The van der Waals surface area contributed by atoms with Crippen LogP contribution in [0.4, 0.5) is 0 Å². The fourth-order valence-corrected chi connectivity index (χ4v) is 4.61. The lowest BCUT2D eigenvalue weighted by Crippen LogP contribution is -2.55. The number of aromatic nitrogens is 2. The highest BCUT2D eigenvalue weighted by atomic mass is 16.4. The number of nitrogens with zero attached hydrogens (tertiary/aromatic N) is 2. The molecule has 154 valence electrons. The first-order valence-corrected chi connectivity index (χ1v) is 9.65. The van der Waals surface area contributed by atoms with Crippen LogP contribution in [-0.4, -0.2) is 55.2 Å². The van der Waals surface area contributed by atoms with E-state index in [2.05, 4.69) is 4.98 Å². The third-order valence-corrected chi connectivity index (χ3v) is 6.26. The van der Waals surface area contributed by atoms with Gasteiger partial charge in [0.15, 0.2) is 0 Å². The van der Waals surface area contributed by atoms with Gasteiger partial charge in [0.25, 0.3) is 5.56 Å². The number of aliphatic hydroxyl groups is 1. The number of carboxylic acids is 1. The van der Waals surface area contributed by atoms with Gasteiger partial charge < -0.3 is 15.1 Å². The molecule has 0 aromatic carbocycles. The summed E-state index contributed by atoms with van der Waals surface area (Å²) in [5, 5.41) is 20.0. The summed E-state index contributed by atoms with van der Waals surface area (Å²) in [5.41, 5.74) is -2.88. The molecule has 0 unspecified atom stereocenters. The number of carboxylic acid groups (broad SMARTS) is 1. The van der Waals surface area contributed by atoms with Gasteiger partial charge in [-0.1, -0.05) is 12.8 Å². The van der Waals surface area contributed by atoms with E-state index in [1.807, 2.05) is 0 Å². The van der Waals surface area contributed by atoms with Gasteiger partial charge in [-0.05, 0) is 31.6 Å². The number of nitrogens with one attached hydrogen (secondary N) is 1. The monoisotopic (exact) mass is 393 g/mol. The zero-order chi connectivity index (χ0) is 20.5. The molecule has 2 aliphatic rings. The molecule has 2 fully saturated rings. The summed E-state index contributed by atoms with van der Waals surface area (Å²) in [4.78, 5) is 51.5. The number of hydrogen-bond donors (Lipinski definition) is 3. The molecule has 0 bridgehead atoms. The average Bonchev–Trinajstić information content (AvgIpc) is 3.02. The molecule has 9 nitrogen and oxygen atoms in total. The Morgan fingerprint density at radius 3 is 2.50 bits per heavy atom. The average molecular weight is 393 g/mol. The second kappa shape index (κ2) is 7.54. The maximum absolute atomic E-state index is 13.0. The standard InChI is InChI=1S/C19H27N3O6/c1-18(28)7-9-21(12-13(18)22-8-4-14(23)20-17(22)27)15(24)10-19(11-16(25)26)5-2-3-6-19/h4,8,13,28H,2-3,5-7,9-12H2,1H3,(H,25,26)(H,20,23,27)/t13-,18-/m1/s1. The molecule has 2 atom stereocenters. The van der Waals surface area contributed by atoms with Crippen molar-refractivity contribution in [3.05, 3.63) is 33.1 Å². The van der Waals surface area contributed by atoms with Crippen LogP contribution in [0.3, 0.4) is 0 Å². The number of hydrogen-bond acceptors (Lipinski definition) is 5. The zero-order valence-electron chi connectivity index (χ0n) is 16.0. The van der Waals surface area contributed by atoms with E-state index >= 15 is 0 Å². The van der Waals surface area contributed by atoms with E-state index in [1.54, 1.807) is 11.8 Å². The minimum absolute atomic E-state index is 0.0207. The molecule has 1 amide bonds. The third-order valence-electron chi connectivity index (χ3n) is 6.26. The van der Waals surface area contributed by atoms with Crippen molar-refractivity contribution in [1.82, 2.24) is 14.5 Å². The number of carbonyl (C=O) groups excluding carboxylic acids is 1. The maximum Gasteiger partial charge on any atom is 0.328 e. The smallest absolute Gasteiger partial charge is 0.328 e. The van der Waals surface area contributed by atoms with Gasteiger partial charge in [0.2, 0.25) is 5.91 Å². The van der Waals surface area contributed by atoms with Gasteiger partial charge in [-0.15, -0.1) is 0 Å². The number of amides is 1. The molecule has 1 aliphatic heterocycles.